The average Bonchev–Trinajstić information content (AvgIpc) is 3.41. The lowest BCUT2D eigenvalue weighted by Crippen LogP contribution is -2.25. The molecule has 1 saturated carbocycles. The number of halogens is 2. The lowest BCUT2D eigenvalue weighted by atomic mass is 10.1. The highest BCUT2D eigenvalue weighted by atomic mass is 19.3. The minimum Gasteiger partial charge on any atom is -0.435 e. The van der Waals surface area contributed by atoms with E-state index in [2.05, 4.69) is 15.4 Å². The molecule has 136 valence electrons. The van der Waals surface area contributed by atoms with Crippen LogP contribution in [0.1, 0.15) is 28.8 Å². The fraction of sp³-hybridized carbons (Fsp3) is 0.263. The van der Waals surface area contributed by atoms with Gasteiger partial charge >= 0.3 is 6.61 Å². The molecule has 26 heavy (non-hydrogen) atoms. The van der Waals surface area contributed by atoms with Gasteiger partial charge in [0.2, 0.25) is 5.91 Å². The van der Waals surface area contributed by atoms with Crippen molar-refractivity contribution in [2.24, 2.45) is 0 Å². The first kappa shape index (κ1) is 17.8. The van der Waals surface area contributed by atoms with E-state index < -0.39 is 6.61 Å². The maximum atomic E-state index is 12.1. The van der Waals surface area contributed by atoms with Gasteiger partial charge < -0.3 is 15.4 Å². The van der Waals surface area contributed by atoms with Gasteiger partial charge in [-0.15, -0.1) is 0 Å². The van der Waals surface area contributed by atoms with Crippen molar-refractivity contribution in [3.05, 3.63) is 59.7 Å². The van der Waals surface area contributed by atoms with Gasteiger partial charge in [-0.2, -0.15) is 8.78 Å². The molecule has 3 rings (SSSR count). The third kappa shape index (κ3) is 5.27. The highest BCUT2D eigenvalue weighted by Crippen LogP contribution is 2.20. The maximum absolute atomic E-state index is 12.1. The van der Waals surface area contributed by atoms with Gasteiger partial charge in [0.15, 0.2) is 0 Å². The number of rotatable bonds is 7. The number of hydrogen-bond acceptors (Lipinski definition) is 3. The van der Waals surface area contributed by atoms with E-state index in [0.717, 1.165) is 12.8 Å². The van der Waals surface area contributed by atoms with Crippen molar-refractivity contribution < 1.29 is 23.1 Å². The van der Waals surface area contributed by atoms with Crippen LogP contribution in [-0.4, -0.2) is 24.5 Å². The molecule has 0 heterocycles. The molecule has 0 radical (unpaired) electrons. The van der Waals surface area contributed by atoms with Gasteiger partial charge in [-0.05, 0) is 54.8 Å². The molecule has 0 bridgehead atoms. The summed E-state index contributed by atoms with van der Waals surface area (Å²) >= 11 is 0. The molecule has 1 aliphatic rings. The van der Waals surface area contributed by atoms with Gasteiger partial charge in [0.25, 0.3) is 5.91 Å². The SMILES string of the molecule is O=C(Cc1ccc(OC(F)F)cc1)Nc1ccc(C(=O)NC2CC2)cc1. The minimum atomic E-state index is -2.88. The number of carbonyl (C=O) groups excluding carboxylic acids is 2. The summed E-state index contributed by atoms with van der Waals surface area (Å²) in [7, 11) is 0. The van der Waals surface area contributed by atoms with Crippen molar-refractivity contribution in [3.8, 4) is 5.75 Å². The molecular formula is C19H18F2N2O3. The molecule has 1 fully saturated rings. The zero-order valence-electron chi connectivity index (χ0n) is 13.9. The Kier molecular flexibility index (Phi) is 5.46. The van der Waals surface area contributed by atoms with Crippen LogP contribution in [0.4, 0.5) is 14.5 Å². The van der Waals surface area contributed by atoms with E-state index in [-0.39, 0.29) is 24.0 Å². The second kappa shape index (κ2) is 7.95. The second-order valence-corrected chi connectivity index (χ2v) is 6.07. The number of amides is 2. The van der Waals surface area contributed by atoms with E-state index in [1.165, 1.54) is 12.1 Å². The zero-order valence-corrected chi connectivity index (χ0v) is 13.9. The number of alkyl halides is 2. The van der Waals surface area contributed by atoms with E-state index in [9.17, 15) is 18.4 Å². The summed E-state index contributed by atoms with van der Waals surface area (Å²) in [6.07, 6.45) is 2.14. The predicted molar refractivity (Wildman–Crippen MR) is 92.3 cm³/mol. The van der Waals surface area contributed by atoms with Crippen molar-refractivity contribution in [1.29, 1.82) is 0 Å². The Hall–Kier alpha value is -2.96. The Labute approximate surface area is 149 Å². The Morgan fingerprint density at radius 3 is 2.27 bits per heavy atom. The molecule has 0 spiro atoms. The summed E-state index contributed by atoms with van der Waals surface area (Å²) < 4.78 is 28.5. The molecule has 2 N–H and O–H groups in total. The monoisotopic (exact) mass is 360 g/mol. The zero-order chi connectivity index (χ0) is 18.5. The maximum Gasteiger partial charge on any atom is 0.387 e. The molecule has 2 amide bonds. The van der Waals surface area contributed by atoms with Crippen LogP contribution in [-0.2, 0) is 11.2 Å². The van der Waals surface area contributed by atoms with Gasteiger partial charge in [-0.3, -0.25) is 9.59 Å². The Balaban J connectivity index is 1.51. The molecule has 1 aliphatic carbocycles. The quantitative estimate of drug-likeness (QED) is 0.796. The number of hydrogen-bond donors (Lipinski definition) is 2. The van der Waals surface area contributed by atoms with Gasteiger partial charge in [0.05, 0.1) is 6.42 Å². The van der Waals surface area contributed by atoms with Crippen molar-refractivity contribution in [1.82, 2.24) is 5.32 Å². The fourth-order valence-corrected chi connectivity index (χ4v) is 2.38. The molecule has 2 aromatic rings. The van der Waals surface area contributed by atoms with Gasteiger partial charge in [0.1, 0.15) is 5.75 Å². The smallest absolute Gasteiger partial charge is 0.387 e. The van der Waals surface area contributed by atoms with Crippen molar-refractivity contribution >= 4 is 17.5 Å². The second-order valence-electron chi connectivity index (χ2n) is 6.07. The Morgan fingerprint density at radius 2 is 1.69 bits per heavy atom. The third-order valence-corrected chi connectivity index (χ3v) is 3.86. The van der Waals surface area contributed by atoms with Crippen LogP contribution >= 0.6 is 0 Å². The normalized spacial score (nSPS) is 13.3. The summed E-state index contributed by atoms with van der Waals surface area (Å²) in [6.45, 7) is -2.88. The van der Waals surface area contributed by atoms with E-state index in [1.807, 2.05) is 0 Å². The summed E-state index contributed by atoms with van der Waals surface area (Å²) in [5.74, 6) is -0.316. The molecule has 2 aromatic carbocycles. The van der Waals surface area contributed by atoms with Crippen LogP contribution in [0.5, 0.6) is 5.75 Å². The Morgan fingerprint density at radius 1 is 1.04 bits per heavy atom. The summed E-state index contributed by atoms with van der Waals surface area (Å²) in [5.41, 5.74) is 1.80. The van der Waals surface area contributed by atoms with Crippen LogP contribution in [0, 0.1) is 0 Å². The molecular weight excluding hydrogens is 342 g/mol. The van der Waals surface area contributed by atoms with Gasteiger partial charge in [0, 0.05) is 17.3 Å². The number of anilines is 1. The molecule has 0 unspecified atom stereocenters. The Bertz CT molecular complexity index is 772. The van der Waals surface area contributed by atoms with Crippen molar-refractivity contribution in [2.75, 3.05) is 5.32 Å². The van der Waals surface area contributed by atoms with E-state index in [4.69, 9.17) is 0 Å². The number of nitrogens with one attached hydrogen (secondary N) is 2. The number of ether oxygens (including phenoxy) is 1. The first-order chi connectivity index (χ1) is 12.5. The summed E-state index contributed by atoms with van der Waals surface area (Å²) in [5, 5.41) is 5.63. The van der Waals surface area contributed by atoms with Gasteiger partial charge in [-0.25, -0.2) is 0 Å². The van der Waals surface area contributed by atoms with Crippen LogP contribution in [0.15, 0.2) is 48.5 Å². The lowest BCUT2D eigenvalue weighted by Gasteiger charge is -2.08. The molecule has 0 saturated heterocycles. The van der Waals surface area contributed by atoms with E-state index in [1.54, 1.807) is 36.4 Å². The first-order valence-corrected chi connectivity index (χ1v) is 8.24. The van der Waals surface area contributed by atoms with Crippen LogP contribution < -0.4 is 15.4 Å². The molecule has 0 atom stereocenters. The summed E-state index contributed by atoms with van der Waals surface area (Å²) in [4.78, 5) is 24.0. The van der Waals surface area contributed by atoms with Crippen molar-refractivity contribution in [2.45, 2.75) is 31.9 Å². The van der Waals surface area contributed by atoms with Crippen LogP contribution in [0.2, 0.25) is 0 Å². The highest BCUT2D eigenvalue weighted by Gasteiger charge is 2.23. The largest absolute Gasteiger partial charge is 0.435 e. The topological polar surface area (TPSA) is 67.4 Å². The summed E-state index contributed by atoms with van der Waals surface area (Å²) in [6, 6.07) is 12.8. The first-order valence-electron chi connectivity index (χ1n) is 8.24. The molecule has 5 nitrogen and oxygen atoms in total. The van der Waals surface area contributed by atoms with E-state index in [0.29, 0.717) is 22.9 Å². The average molecular weight is 360 g/mol. The molecule has 0 aromatic heterocycles. The fourth-order valence-electron chi connectivity index (χ4n) is 2.38. The third-order valence-electron chi connectivity index (χ3n) is 3.86. The van der Waals surface area contributed by atoms with Crippen LogP contribution in [0.3, 0.4) is 0 Å². The molecule has 7 heteroatoms. The number of benzene rings is 2. The van der Waals surface area contributed by atoms with Crippen molar-refractivity contribution in [3.63, 3.8) is 0 Å². The predicted octanol–water partition coefficient (Wildman–Crippen LogP) is 3.36. The molecule has 0 aliphatic heterocycles. The lowest BCUT2D eigenvalue weighted by molar-refractivity contribution is -0.115. The number of carbonyl (C=O) groups is 2. The van der Waals surface area contributed by atoms with Crippen LogP contribution in [0.25, 0.3) is 0 Å². The van der Waals surface area contributed by atoms with Gasteiger partial charge in [-0.1, -0.05) is 12.1 Å². The standard InChI is InChI=1S/C19H18F2N2O3/c20-19(21)26-16-9-1-12(2-10-16)11-17(24)22-14-5-3-13(4-6-14)18(25)23-15-7-8-15/h1-6,9-10,15,19H,7-8,11H2,(H,22,24)(H,23,25). The highest BCUT2D eigenvalue weighted by molar-refractivity contribution is 5.96. The minimum absolute atomic E-state index is 0.0456. The van der Waals surface area contributed by atoms with E-state index >= 15 is 0 Å².